The lowest BCUT2D eigenvalue weighted by Crippen LogP contribution is -2.15. The lowest BCUT2D eigenvalue weighted by molar-refractivity contribution is -0.117. The predicted octanol–water partition coefficient (Wildman–Crippen LogP) is -0.721. The number of H-pyrrole nitrogens is 2. The molecule has 0 aliphatic carbocycles. The molecular formula is C8H8N4O2. The van der Waals surface area contributed by atoms with E-state index in [1.54, 1.807) is 6.20 Å². The van der Waals surface area contributed by atoms with E-state index in [0.717, 1.165) is 0 Å². The van der Waals surface area contributed by atoms with Crippen molar-refractivity contribution in [3.63, 3.8) is 0 Å². The van der Waals surface area contributed by atoms with Crippen molar-refractivity contribution in [1.82, 2.24) is 15.0 Å². The Kier molecular flexibility index (Phi) is 1.81. The van der Waals surface area contributed by atoms with Gasteiger partial charge in [0.2, 0.25) is 5.91 Å². The standard InChI is InChI=1S/C8H8N4O2/c9-5(13)1-4-2-10-7-6(4)8(14)12-3-11-7/h2-3H,1H2,(H2,9,13)(H2,10,11,12,14). The summed E-state index contributed by atoms with van der Waals surface area (Å²) in [5.41, 5.74) is 5.80. The molecule has 0 aliphatic heterocycles. The van der Waals surface area contributed by atoms with Crippen molar-refractivity contribution in [1.29, 1.82) is 0 Å². The maximum Gasteiger partial charge on any atom is 0.260 e. The lowest BCUT2D eigenvalue weighted by atomic mass is 10.2. The van der Waals surface area contributed by atoms with Gasteiger partial charge in [-0.25, -0.2) is 4.98 Å². The Bertz CT molecular complexity index is 540. The summed E-state index contributed by atoms with van der Waals surface area (Å²) < 4.78 is 0. The summed E-state index contributed by atoms with van der Waals surface area (Å²) in [6.07, 6.45) is 2.90. The molecule has 4 N–H and O–H groups in total. The molecule has 0 aromatic carbocycles. The molecule has 2 rings (SSSR count). The third kappa shape index (κ3) is 1.26. The molecule has 1 amide bonds. The Labute approximate surface area is 78.2 Å². The summed E-state index contributed by atoms with van der Waals surface area (Å²) in [4.78, 5) is 31.2. The number of nitrogens with one attached hydrogen (secondary N) is 2. The van der Waals surface area contributed by atoms with Crippen LogP contribution < -0.4 is 11.3 Å². The molecule has 14 heavy (non-hydrogen) atoms. The normalized spacial score (nSPS) is 10.6. The fourth-order valence-corrected chi connectivity index (χ4v) is 1.36. The smallest absolute Gasteiger partial charge is 0.260 e. The van der Waals surface area contributed by atoms with Crippen LogP contribution in [0.3, 0.4) is 0 Å². The Morgan fingerprint density at radius 2 is 2.29 bits per heavy atom. The number of rotatable bonds is 2. The highest BCUT2D eigenvalue weighted by molar-refractivity contribution is 5.85. The van der Waals surface area contributed by atoms with Gasteiger partial charge in [-0.1, -0.05) is 0 Å². The van der Waals surface area contributed by atoms with Gasteiger partial charge in [0, 0.05) is 6.20 Å². The quantitative estimate of drug-likeness (QED) is 0.584. The molecule has 0 atom stereocenters. The number of nitrogens with two attached hydrogens (primary N) is 1. The molecule has 0 fully saturated rings. The van der Waals surface area contributed by atoms with Crippen molar-refractivity contribution in [2.45, 2.75) is 6.42 Å². The van der Waals surface area contributed by atoms with Crippen LogP contribution in [0.4, 0.5) is 0 Å². The second-order valence-electron chi connectivity index (χ2n) is 2.91. The average molecular weight is 192 g/mol. The maximum absolute atomic E-state index is 11.4. The van der Waals surface area contributed by atoms with Crippen LogP contribution in [0.1, 0.15) is 5.56 Å². The van der Waals surface area contributed by atoms with Crippen LogP contribution in [0.2, 0.25) is 0 Å². The van der Waals surface area contributed by atoms with Gasteiger partial charge in [-0.05, 0) is 5.56 Å². The second-order valence-corrected chi connectivity index (χ2v) is 2.91. The minimum atomic E-state index is -0.478. The van der Waals surface area contributed by atoms with E-state index in [2.05, 4.69) is 15.0 Å². The number of aromatic amines is 2. The Balaban J connectivity index is 2.67. The minimum absolute atomic E-state index is 0.0365. The maximum atomic E-state index is 11.4. The van der Waals surface area contributed by atoms with Crippen molar-refractivity contribution in [3.8, 4) is 0 Å². The highest BCUT2D eigenvalue weighted by atomic mass is 16.1. The van der Waals surface area contributed by atoms with E-state index < -0.39 is 5.91 Å². The highest BCUT2D eigenvalue weighted by Crippen LogP contribution is 2.10. The number of primary amides is 1. The summed E-state index contributed by atoms with van der Waals surface area (Å²) in [6.45, 7) is 0. The third-order valence-corrected chi connectivity index (χ3v) is 1.92. The number of amides is 1. The van der Waals surface area contributed by atoms with Crippen LogP contribution in [-0.4, -0.2) is 20.9 Å². The molecule has 0 aliphatic rings. The van der Waals surface area contributed by atoms with Gasteiger partial charge < -0.3 is 15.7 Å². The first-order chi connectivity index (χ1) is 6.68. The Hall–Kier alpha value is -2.11. The van der Waals surface area contributed by atoms with Crippen molar-refractivity contribution in [3.05, 3.63) is 28.4 Å². The first-order valence-corrected chi connectivity index (χ1v) is 4.00. The molecule has 0 bridgehead atoms. The largest absolute Gasteiger partial charge is 0.369 e. The molecule has 2 aromatic heterocycles. The topological polar surface area (TPSA) is 105 Å². The molecule has 6 nitrogen and oxygen atoms in total. The SMILES string of the molecule is NC(=O)Cc1c[nH]c2nc[nH]c(=O)c12. The minimum Gasteiger partial charge on any atom is -0.369 e. The van der Waals surface area contributed by atoms with Crippen molar-refractivity contribution < 1.29 is 4.79 Å². The van der Waals surface area contributed by atoms with E-state index in [9.17, 15) is 9.59 Å². The van der Waals surface area contributed by atoms with Gasteiger partial charge in [0.05, 0.1) is 18.1 Å². The van der Waals surface area contributed by atoms with Gasteiger partial charge >= 0.3 is 0 Å². The highest BCUT2D eigenvalue weighted by Gasteiger charge is 2.09. The van der Waals surface area contributed by atoms with Crippen molar-refractivity contribution in [2.75, 3.05) is 0 Å². The van der Waals surface area contributed by atoms with Gasteiger partial charge in [-0.3, -0.25) is 9.59 Å². The van der Waals surface area contributed by atoms with E-state index in [-0.39, 0.29) is 12.0 Å². The Morgan fingerprint density at radius 3 is 3.00 bits per heavy atom. The molecular weight excluding hydrogens is 184 g/mol. The summed E-state index contributed by atoms with van der Waals surface area (Å²) in [6, 6.07) is 0. The van der Waals surface area contributed by atoms with Gasteiger partial charge in [0.25, 0.3) is 5.56 Å². The number of hydrogen-bond donors (Lipinski definition) is 3. The molecule has 72 valence electrons. The van der Waals surface area contributed by atoms with Gasteiger partial charge in [-0.15, -0.1) is 0 Å². The number of carbonyl (C=O) groups excluding carboxylic acids is 1. The van der Waals surface area contributed by atoms with E-state index in [0.29, 0.717) is 16.6 Å². The van der Waals surface area contributed by atoms with E-state index in [1.165, 1.54) is 6.33 Å². The van der Waals surface area contributed by atoms with Crippen molar-refractivity contribution >= 4 is 16.9 Å². The number of aromatic nitrogens is 3. The first-order valence-electron chi connectivity index (χ1n) is 4.00. The molecule has 2 aromatic rings. The second kappa shape index (κ2) is 2.99. The fraction of sp³-hybridized carbons (Fsp3) is 0.125. The van der Waals surface area contributed by atoms with Crippen LogP contribution in [0.25, 0.3) is 11.0 Å². The predicted molar refractivity (Wildman–Crippen MR) is 49.6 cm³/mol. The molecule has 0 saturated heterocycles. The van der Waals surface area contributed by atoms with Crippen LogP contribution in [0.15, 0.2) is 17.3 Å². The third-order valence-electron chi connectivity index (χ3n) is 1.92. The van der Waals surface area contributed by atoms with Gasteiger partial charge in [0.1, 0.15) is 5.65 Å². The summed E-state index contributed by atoms with van der Waals surface area (Å²) in [5.74, 6) is -0.478. The number of fused-ring (bicyclic) bond motifs is 1. The zero-order valence-electron chi connectivity index (χ0n) is 7.20. The van der Waals surface area contributed by atoms with Crippen LogP contribution >= 0.6 is 0 Å². The van der Waals surface area contributed by atoms with Crippen LogP contribution in [-0.2, 0) is 11.2 Å². The van der Waals surface area contributed by atoms with Gasteiger partial charge in [0.15, 0.2) is 0 Å². The summed E-state index contributed by atoms with van der Waals surface area (Å²) in [7, 11) is 0. The zero-order chi connectivity index (χ0) is 10.1. The van der Waals surface area contributed by atoms with Crippen LogP contribution in [0, 0.1) is 0 Å². The summed E-state index contributed by atoms with van der Waals surface area (Å²) >= 11 is 0. The molecule has 0 radical (unpaired) electrons. The van der Waals surface area contributed by atoms with E-state index in [1.807, 2.05) is 0 Å². The van der Waals surface area contributed by atoms with E-state index in [4.69, 9.17) is 5.73 Å². The Morgan fingerprint density at radius 1 is 1.50 bits per heavy atom. The fourth-order valence-electron chi connectivity index (χ4n) is 1.36. The first kappa shape index (κ1) is 8.49. The number of carbonyl (C=O) groups is 1. The average Bonchev–Trinajstić information content (AvgIpc) is 2.49. The zero-order valence-corrected chi connectivity index (χ0v) is 7.20. The van der Waals surface area contributed by atoms with Crippen molar-refractivity contribution in [2.24, 2.45) is 5.73 Å². The molecule has 6 heteroatoms. The lowest BCUT2D eigenvalue weighted by Gasteiger charge is -1.92. The van der Waals surface area contributed by atoms with Gasteiger partial charge in [-0.2, -0.15) is 0 Å². The van der Waals surface area contributed by atoms with E-state index >= 15 is 0 Å². The monoisotopic (exact) mass is 192 g/mol. The molecule has 0 spiro atoms. The molecule has 0 saturated carbocycles. The number of hydrogen-bond acceptors (Lipinski definition) is 3. The summed E-state index contributed by atoms with van der Waals surface area (Å²) in [5, 5.41) is 0.395. The molecule has 0 unspecified atom stereocenters. The number of nitrogens with zero attached hydrogens (tertiary/aromatic N) is 1. The van der Waals surface area contributed by atoms with Crippen LogP contribution in [0.5, 0.6) is 0 Å². The molecule has 2 heterocycles.